The van der Waals surface area contributed by atoms with Crippen molar-refractivity contribution in [2.24, 2.45) is 23.7 Å². The quantitative estimate of drug-likeness (QED) is 0.893. The summed E-state index contributed by atoms with van der Waals surface area (Å²) in [4.78, 5) is 2.18. The van der Waals surface area contributed by atoms with Crippen LogP contribution in [0.1, 0.15) is 32.1 Å². The molecule has 108 valence electrons. The van der Waals surface area contributed by atoms with Gasteiger partial charge in [-0.15, -0.1) is 0 Å². The van der Waals surface area contributed by atoms with E-state index in [2.05, 4.69) is 48.6 Å². The first-order chi connectivity index (χ1) is 9.69. The maximum atomic E-state index is 3.89. The number of benzene rings is 1. The van der Waals surface area contributed by atoms with E-state index in [0.29, 0.717) is 0 Å². The fourth-order valence-electron chi connectivity index (χ4n) is 5.23. The van der Waals surface area contributed by atoms with Crippen LogP contribution in [0.3, 0.4) is 0 Å². The summed E-state index contributed by atoms with van der Waals surface area (Å²) in [6, 6.07) is 9.62. The number of rotatable bonds is 3. The first-order valence-corrected chi connectivity index (χ1v) is 8.23. The number of anilines is 2. The lowest BCUT2D eigenvalue weighted by molar-refractivity contribution is 0.00754. The molecule has 4 aliphatic rings. The van der Waals surface area contributed by atoms with Crippen LogP contribution in [-0.4, -0.2) is 20.1 Å². The predicted molar refractivity (Wildman–Crippen MR) is 85.2 cm³/mol. The molecule has 2 heteroatoms. The van der Waals surface area contributed by atoms with Crippen LogP contribution in [0, 0.1) is 23.7 Å². The number of nitrogens with zero attached hydrogens (tertiary/aromatic N) is 1. The second kappa shape index (κ2) is 4.68. The highest BCUT2D eigenvalue weighted by atomic mass is 15.1. The highest BCUT2D eigenvalue weighted by Gasteiger charge is 2.48. The molecule has 0 spiro atoms. The molecule has 4 bridgehead atoms. The molecule has 0 aromatic heterocycles. The summed E-state index contributed by atoms with van der Waals surface area (Å²) >= 11 is 0. The van der Waals surface area contributed by atoms with Crippen molar-refractivity contribution in [2.75, 3.05) is 24.3 Å². The van der Waals surface area contributed by atoms with Crippen molar-refractivity contribution in [3.05, 3.63) is 24.3 Å². The van der Waals surface area contributed by atoms with Crippen LogP contribution in [0.15, 0.2) is 24.3 Å². The Morgan fingerprint density at radius 3 is 2.20 bits per heavy atom. The van der Waals surface area contributed by atoms with Gasteiger partial charge < -0.3 is 10.2 Å². The van der Waals surface area contributed by atoms with E-state index in [1.807, 2.05) is 0 Å². The van der Waals surface area contributed by atoms with Gasteiger partial charge in [0.2, 0.25) is 0 Å². The van der Waals surface area contributed by atoms with Crippen LogP contribution in [0.2, 0.25) is 0 Å². The predicted octanol–water partition coefficient (Wildman–Crippen LogP) is 3.99. The lowest BCUT2D eigenvalue weighted by Gasteiger charge is -2.54. The minimum Gasteiger partial charge on any atom is -0.382 e. The Hall–Kier alpha value is -1.18. The minimum absolute atomic E-state index is 0.736. The summed E-state index contributed by atoms with van der Waals surface area (Å²) in [5.41, 5.74) is 2.60. The highest BCUT2D eigenvalue weighted by Crippen LogP contribution is 2.54. The van der Waals surface area contributed by atoms with Crippen LogP contribution in [0.5, 0.6) is 0 Å². The summed E-state index contributed by atoms with van der Waals surface area (Å²) in [6.07, 6.45) is 7.47. The van der Waals surface area contributed by atoms with Gasteiger partial charge in [0, 0.05) is 31.5 Å². The molecule has 20 heavy (non-hydrogen) atoms. The topological polar surface area (TPSA) is 15.3 Å². The Bertz CT molecular complexity index is 466. The zero-order chi connectivity index (χ0) is 13.7. The van der Waals surface area contributed by atoms with Crippen LogP contribution < -0.4 is 10.2 Å². The molecule has 4 saturated carbocycles. The fourth-order valence-corrected chi connectivity index (χ4v) is 5.23. The van der Waals surface area contributed by atoms with Gasteiger partial charge in [-0.1, -0.05) is 6.07 Å². The van der Waals surface area contributed by atoms with Crippen molar-refractivity contribution >= 4 is 11.4 Å². The van der Waals surface area contributed by atoms with Gasteiger partial charge in [0.15, 0.2) is 0 Å². The molecule has 0 atom stereocenters. The summed E-state index contributed by atoms with van der Waals surface area (Å²) in [5.74, 6) is 4.00. The lowest BCUT2D eigenvalue weighted by atomic mass is 9.54. The molecular formula is C18H26N2. The third-order valence-corrected chi connectivity index (χ3v) is 5.92. The largest absolute Gasteiger partial charge is 0.382 e. The van der Waals surface area contributed by atoms with Gasteiger partial charge in [-0.3, -0.25) is 0 Å². The van der Waals surface area contributed by atoms with Gasteiger partial charge in [-0.25, -0.2) is 0 Å². The van der Waals surface area contributed by atoms with E-state index in [1.54, 1.807) is 0 Å². The molecule has 0 unspecified atom stereocenters. The van der Waals surface area contributed by atoms with Crippen LogP contribution >= 0.6 is 0 Å². The molecule has 0 saturated heterocycles. The summed E-state index contributed by atoms with van der Waals surface area (Å²) in [7, 11) is 4.23. The SMILES string of the molecule is CN(C)c1cccc(NC2C3CC4CC(C3)CC2C4)c1. The van der Waals surface area contributed by atoms with Gasteiger partial charge in [0.1, 0.15) is 0 Å². The van der Waals surface area contributed by atoms with E-state index in [4.69, 9.17) is 0 Å². The number of hydrogen-bond acceptors (Lipinski definition) is 2. The fraction of sp³-hybridized carbons (Fsp3) is 0.667. The Kier molecular flexibility index (Phi) is 2.94. The third kappa shape index (κ3) is 2.10. The average molecular weight is 270 g/mol. The molecule has 2 nitrogen and oxygen atoms in total. The molecular weight excluding hydrogens is 244 g/mol. The summed E-state index contributed by atoms with van der Waals surface area (Å²) in [6.45, 7) is 0. The van der Waals surface area contributed by atoms with Crippen molar-refractivity contribution in [1.29, 1.82) is 0 Å². The van der Waals surface area contributed by atoms with Crippen molar-refractivity contribution in [2.45, 2.75) is 38.1 Å². The van der Waals surface area contributed by atoms with Crippen molar-refractivity contribution in [3.8, 4) is 0 Å². The first-order valence-electron chi connectivity index (χ1n) is 8.23. The molecule has 1 aromatic carbocycles. The van der Waals surface area contributed by atoms with E-state index < -0.39 is 0 Å². The molecule has 0 aliphatic heterocycles. The molecule has 1 N–H and O–H groups in total. The maximum Gasteiger partial charge on any atom is 0.0381 e. The van der Waals surface area contributed by atoms with Gasteiger partial charge in [-0.05, 0) is 74.0 Å². The Balaban J connectivity index is 1.53. The normalized spacial score (nSPS) is 38.0. The molecule has 0 amide bonds. The van der Waals surface area contributed by atoms with Crippen molar-refractivity contribution in [3.63, 3.8) is 0 Å². The van der Waals surface area contributed by atoms with Crippen molar-refractivity contribution in [1.82, 2.24) is 0 Å². The molecule has 1 aromatic rings. The lowest BCUT2D eigenvalue weighted by Crippen LogP contribution is -2.51. The van der Waals surface area contributed by atoms with Crippen LogP contribution in [0.25, 0.3) is 0 Å². The van der Waals surface area contributed by atoms with E-state index in [9.17, 15) is 0 Å². The number of hydrogen-bond donors (Lipinski definition) is 1. The Morgan fingerprint density at radius 2 is 1.60 bits per heavy atom. The van der Waals surface area contributed by atoms with Gasteiger partial charge >= 0.3 is 0 Å². The second-order valence-corrected chi connectivity index (χ2v) is 7.55. The third-order valence-electron chi connectivity index (χ3n) is 5.92. The van der Waals surface area contributed by atoms with E-state index in [-0.39, 0.29) is 0 Å². The zero-order valence-corrected chi connectivity index (χ0v) is 12.7. The average Bonchev–Trinajstić information content (AvgIpc) is 2.42. The van der Waals surface area contributed by atoms with Gasteiger partial charge in [0.05, 0.1) is 0 Å². The highest BCUT2D eigenvalue weighted by molar-refractivity contribution is 5.58. The summed E-state index contributed by atoms with van der Waals surface area (Å²) < 4.78 is 0. The van der Waals surface area contributed by atoms with Crippen LogP contribution in [-0.2, 0) is 0 Å². The maximum absolute atomic E-state index is 3.89. The van der Waals surface area contributed by atoms with E-state index in [0.717, 1.165) is 29.7 Å². The Morgan fingerprint density at radius 1 is 0.950 bits per heavy atom. The minimum atomic E-state index is 0.736. The smallest absolute Gasteiger partial charge is 0.0381 e. The second-order valence-electron chi connectivity index (χ2n) is 7.55. The van der Waals surface area contributed by atoms with E-state index in [1.165, 1.54) is 43.5 Å². The number of nitrogens with one attached hydrogen (secondary N) is 1. The standard InChI is InChI=1S/C18H26N2/c1-20(2)17-5-3-4-16(11-17)19-18-14-7-12-6-13(9-14)10-15(18)8-12/h3-5,11-15,18-19H,6-10H2,1-2H3. The van der Waals surface area contributed by atoms with Crippen LogP contribution in [0.4, 0.5) is 11.4 Å². The molecule has 0 radical (unpaired) electrons. The van der Waals surface area contributed by atoms with Gasteiger partial charge in [0.25, 0.3) is 0 Å². The Labute approximate surface area is 122 Å². The first kappa shape index (κ1) is 12.6. The van der Waals surface area contributed by atoms with Gasteiger partial charge in [-0.2, -0.15) is 0 Å². The monoisotopic (exact) mass is 270 g/mol. The zero-order valence-electron chi connectivity index (χ0n) is 12.7. The molecule has 5 rings (SSSR count). The van der Waals surface area contributed by atoms with Crippen molar-refractivity contribution < 1.29 is 0 Å². The van der Waals surface area contributed by atoms with E-state index >= 15 is 0 Å². The molecule has 4 fully saturated rings. The summed E-state index contributed by atoms with van der Waals surface area (Å²) in [5, 5.41) is 3.89. The molecule has 4 aliphatic carbocycles. The molecule has 0 heterocycles.